The highest BCUT2D eigenvalue weighted by Crippen LogP contribution is 2.31. The Morgan fingerprint density at radius 3 is 2.65 bits per heavy atom. The van der Waals surface area contributed by atoms with Crippen molar-refractivity contribution in [2.24, 2.45) is 0 Å². The zero-order chi connectivity index (χ0) is 12.7. The molecule has 0 aromatic carbocycles. The van der Waals surface area contributed by atoms with Gasteiger partial charge in [0.15, 0.2) is 0 Å². The zero-order valence-electron chi connectivity index (χ0n) is 11.8. The summed E-state index contributed by atoms with van der Waals surface area (Å²) in [5.41, 5.74) is -0.0151. The first-order valence-electron chi connectivity index (χ1n) is 7.31. The molecule has 0 saturated heterocycles. The molecule has 0 spiro atoms. The van der Waals surface area contributed by atoms with Gasteiger partial charge in [-0.2, -0.15) is 0 Å². The lowest BCUT2D eigenvalue weighted by molar-refractivity contribution is 0.0623. The average molecular weight is 242 g/mol. The second kappa shape index (κ2) is 7.34. The van der Waals surface area contributed by atoms with Gasteiger partial charge in [0.05, 0.1) is 6.61 Å². The van der Waals surface area contributed by atoms with Crippen LogP contribution in [0.25, 0.3) is 0 Å². The Balaban J connectivity index is 2.62. The Bertz CT molecular complexity index is 206. The Morgan fingerprint density at radius 2 is 2.12 bits per heavy atom. The van der Waals surface area contributed by atoms with Gasteiger partial charge in [0.25, 0.3) is 0 Å². The van der Waals surface area contributed by atoms with Crippen molar-refractivity contribution in [3.05, 3.63) is 0 Å². The highest BCUT2D eigenvalue weighted by Gasteiger charge is 2.36. The van der Waals surface area contributed by atoms with Gasteiger partial charge in [-0.3, -0.25) is 0 Å². The van der Waals surface area contributed by atoms with Crippen molar-refractivity contribution >= 4 is 0 Å². The highest BCUT2D eigenvalue weighted by atomic mass is 16.3. The molecule has 3 nitrogen and oxygen atoms in total. The predicted molar refractivity (Wildman–Crippen MR) is 73.3 cm³/mol. The van der Waals surface area contributed by atoms with E-state index in [9.17, 15) is 5.11 Å². The van der Waals surface area contributed by atoms with Crippen LogP contribution in [0.3, 0.4) is 0 Å². The molecule has 0 radical (unpaired) electrons. The van der Waals surface area contributed by atoms with E-state index in [0.29, 0.717) is 6.04 Å². The van der Waals surface area contributed by atoms with Crippen LogP contribution in [0.2, 0.25) is 0 Å². The molecule has 1 aliphatic rings. The molecule has 1 rings (SSSR count). The monoisotopic (exact) mass is 242 g/mol. The first-order valence-corrected chi connectivity index (χ1v) is 7.31. The van der Waals surface area contributed by atoms with E-state index in [4.69, 9.17) is 0 Å². The Morgan fingerprint density at radius 1 is 1.35 bits per heavy atom. The van der Waals surface area contributed by atoms with Crippen molar-refractivity contribution in [2.45, 2.75) is 64.5 Å². The summed E-state index contributed by atoms with van der Waals surface area (Å²) in [7, 11) is 0. The molecule has 0 bridgehead atoms. The van der Waals surface area contributed by atoms with Gasteiger partial charge in [0.2, 0.25) is 0 Å². The molecule has 0 amide bonds. The third kappa shape index (κ3) is 3.94. The molecule has 1 fully saturated rings. The minimum Gasteiger partial charge on any atom is -0.394 e. The molecule has 2 atom stereocenters. The molecule has 0 aromatic heterocycles. The standard InChI is InChI=1S/C14H30N2O/c1-4-10-16(6-3)13-8-7-9-14(11-13,12-17)15-5-2/h13,15,17H,4-12H2,1-3H3. The summed E-state index contributed by atoms with van der Waals surface area (Å²) in [5.74, 6) is 0. The Labute approximate surface area is 107 Å². The molecule has 0 heterocycles. The predicted octanol–water partition coefficient (Wildman–Crippen LogP) is 2.00. The quantitative estimate of drug-likeness (QED) is 0.717. The van der Waals surface area contributed by atoms with Crippen molar-refractivity contribution in [3.8, 4) is 0 Å². The van der Waals surface area contributed by atoms with E-state index in [1.165, 1.54) is 25.8 Å². The number of nitrogens with zero attached hydrogens (tertiary/aromatic N) is 1. The number of likely N-dealkylation sites (N-methyl/N-ethyl adjacent to an activating group) is 1. The summed E-state index contributed by atoms with van der Waals surface area (Å²) in [6.07, 6.45) is 5.97. The fraction of sp³-hybridized carbons (Fsp3) is 1.00. The zero-order valence-corrected chi connectivity index (χ0v) is 11.8. The molecule has 3 heteroatoms. The number of hydrogen-bond acceptors (Lipinski definition) is 3. The Hall–Kier alpha value is -0.120. The van der Waals surface area contributed by atoms with Crippen molar-refractivity contribution in [1.29, 1.82) is 0 Å². The third-order valence-electron chi connectivity index (χ3n) is 4.11. The number of aliphatic hydroxyl groups excluding tert-OH is 1. The van der Waals surface area contributed by atoms with Crippen LogP contribution in [0.1, 0.15) is 52.9 Å². The van der Waals surface area contributed by atoms with Crippen LogP contribution in [0.5, 0.6) is 0 Å². The smallest absolute Gasteiger partial charge is 0.0613 e. The number of hydrogen-bond donors (Lipinski definition) is 2. The molecule has 102 valence electrons. The van der Waals surface area contributed by atoms with E-state index in [1.807, 2.05) is 0 Å². The van der Waals surface area contributed by atoms with Gasteiger partial charge in [0.1, 0.15) is 0 Å². The van der Waals surface area contributed by atoms with Crippen molar-refractivity contribution in [1.82, 2.24) is 10.2 Å². The maximum Gasteiger partial charge on any atom is 0.0613 e. The van der Waals surface area contributed by atoms with Crippen LogP contribution in [-0.2, 0) is 0 Å². The largest absolute Gasteiger partial charge is 0.394 e. The molecular formula is C14H30N2O. The fourth-order valence-electron chi connectivity index (χ4n) is 3.26. The Kier molecular flexibility index (Phi) is 6.45. The van der Waals surface area contributed by atoms with E-state index < -0.39 is 0 Å². The van der Waals surface area contributed by atoms with Crippen LogP contribution in [0.15, 0.2) is 0 Å². The van der Waals surface area contributed by atoms with Crippen LogP contribution >= 0.6 is 0 Å². The van der Waals surface area contributed by atoms with E-state index >= 15 is 0 Å². The van der Waals surface area contributed by atoms with Crippen molar-refractivity contribution in [2.75, 3.05) is 26.2 Å². The van der Waals surface area contributed by atoms with Gasteiger partial charge in [-0.25, -0.2) is 0 Å². The SMILES string of the molecule is CCCN(CC)C1CCCC(CO)(NCC)C1. The van der Waals surface area contributed by atoms with Gasteiger partial charge in [0, 0.05) is 11.6 Å². The topological polar surface area (TPSA) is 35.5 Å². The maximum atomic E-state index is 9.69. The number of rotatable bonds is 7. The third-order valence-corrected chi connectivity index (χ3v) is 4.11. The van der Waals surface area contributed by atoms with Gasteiger partial charge in [-0.05, 0) is 51.7 Å². The fourth-order valence-corrected chi connectivity index (χ4v) is 3.26. The number of nitrogens with one attached hydrogen (secondary N) is 1. The molecule has 1 saturated carbocycles. The first kappa shape index (κ1) is 14.9. The van der Waals surface area contributed by atoms with E-state index in [2.05, 4.69) is 31.0 Å². The van der Waals surface area contributed by atoms with Gasteiger partial charge in [-0.1, -0.05) is 20.8 Å². The normalized spacial score (nSPS) is 29.8. The molecule has 2 N–H and O–H groups in total. The minimum absolute atomic E-state index is 0.0151. The van der Waals surface area contributed by atoms with Gasteiger partial charge >= 0.3 is 0 Å². The van der Waals surface area contributed by atoms with Gasteiger partial charge in [-0.15, -0.1) is 0 Å². The molecule has 0 aromatic rings. The molecule has 0 aliphatic heterocycles. The highest BCUT2D eigenvalue weighted by molar-refractivity contribution is 4.96. The second-order valence-electron chi connectivity index (χ2n) is 5.35. The summed E-state index contributed by atoms with van der Waals surface area (Å²) in [5, 5.41) is 13.2. The van der Waals surface area contributed by atoms with E-state index in [-0.39, 0.29) is 12.1 Å². The minimum atomic E-state index is -0.0151. The van der Waals surface area contributed by atoms with Crippen LogP contribution in [-0.4, -0.2) is 47.8 Å². The van der Waals surface area contributed by atoms with Crippen LogP contribution in [0, 0.1) is 0 Å². The maximum absolute atomic E-state index is 9.69. The van der Waals surface area contributed by atoms with Crippen molar-refractivity contribution in [3.63, 3.8) is 0 Å². The summed E-state index contributed by atoms with van der Waals surface area (Å²) >= 11 is 0. The lowest BCUT2D eigenvalue weighted by atomic mass is 9.78. The summed E-state index contributed by atoms with van der Waals surface area (Å²) in [4.78, 5) is 2.58. The van der Waals surface area contributed by atoms with E-state index in [1.54, 1.807) is 0 Å². The van der Waals surface area contributed by atoms with Crippen molar-refractivity contribution < 1.29 is 5.11 Å². The molecular weight excluding hydrogens is 212 g/mol. The lowest BCUT2D eigenvalue weighted by Gasteiger charge is -2.44. The second-order valence-corrected chi connectivity index (χ2v) is 5.35. The number of aliphatic hydroxyl groups is 1. The molecule has 1 aliphatic carbocycles. The first-order chi connectivity index (χ1) is 8.21. The lowest BCUT2D eigenvalue weighted by Crippen LogP contribution is -2.55. The summed E-state index contributed by atoms with van der Waals surface area (Å²) < 4.78 is 0. The molecule has 17 heavy (non-hydrogen) atoms. The molecule has 2 unspecified atom stereocenters. The summed E-state index contributed by atoms with van der Waals surface area (Å²) in [6.45, 7) is 10.2. The van der Waals surface area contributed by atoms with Gasteiger partial charge < -0.3 is 15.3 Å². The van der Waals surface area contributed by atoms with Crippen LogP contribution < -0.4 is 5.32 Å². The average Bonchev–Trinajstić information content (AvgIpc) is 2.36. The van der Waals surface area contributed by atoms with E-state index in [0.717, 1.165) is 25.9 Å². The summed E-state index contributed by atoms with van der Waals surface area (Å²) in [6, 6.07) is 0.653. The van der Waals surface area contributed by atoms with Crippen LogP contribution in [0.4, 0.5) is 0 Å².